The van der Waals surface area contributed by atoms with Crippen LogP contribution < -0.4 is 5.32 Å². The molecule has 1 aromatic carbocycles. The van der Waals surface area contributed by atoms with Crippen LogP contribution in [0.2, 0.25) is 0 Å². The van der Waals surface area contributed by atoms with E-state index in [4.69, 9.17) is 0 Å². The Balaban J connectivity index is 1.71. The summed E-state index contributed by atoms with van der Waals surface area (Å²) in [5, 5.41) is 3.11. The molecule has 0 heterocycles. The molecule has 0 aliphatic heterocycles. The highest BCUT2D eigenvalue weighted by molar-refractivity contribution is 5.78. The normalized spacial score (nSPS) is 22.0. The first-order valence-electron chi connectivity index (χ1n) is 8.52. The summed E-state index contributed by atoms with van der Waals surface area (Å²) in [6.45, 7) is 5.00. The lowest BCUT2D eigenvalue weighted by molar-refractivity contribution is -0.126. The number of nitrogens with one attached hydrogen (secondary N) is 1. The van der Waals surface area contributed by atoms with Gasteiger partial charge in [-0.05, 0) is 44.1 Å². The van der Waals surface area contributed by atoms with Gasteiger partial charge < -0.3 is 5.32 Å². The van der Waals surface area contributed by atoms with Gasteiger partial charge in [-0.15, -0.1) is 0 Å². The number of carbonyl (C=O) groups excluding carboxylic acids is 1. The van der Waals surface area contributed by atoms with Gasteiger partial charge in [-0.1, -0.05) is 56.0 Å². The monoisotopic (exact) mass is 287 g/mol. The van der Waals surface area contributed by atoms with Crippen molar-refractivity contribution in [3.8, 4) is 0 Å². The smallest absolute Gasteiger partial charge is 0.223 e. The van der Waals surface area contributed by atoms with Crippen LogP contribution in [0.25, 0.3) is 0 Å². The second-order valence-electron chi connectivity index (χ2n) is 6.56. The molecule has 0 spiro atoms. The lowest BCUT2D eigenvalue weighted by Gasteiger charge is -2.27. The Morgan fingerprint density at radius 3 is 2.43 bits per heavy atom. The van der Waals surface area contributed by atoms with Crippen LogP contribution in [-0.2, 0) is 11.3 Å². The third kappa shape index (κ3) is 5.18. The molecule has 21 heavy (non-hydrogen) atoms. The van der Waals surface area contributed by atoms with Gasteiger partial charge in [-0.25, -0.2) is 0 Å². The number of unbranched alkanes of at least 4 members (excludes halogenated alkanes) is 1. The summed E-state index contributed by atoms with van der Waals surface area (Å²) in [6.07, 6.45) is 8.62. The van der Waals surface area contributed by atoms with Gasteiger partial charge in [0.25, 0.3) is 0 Å². The minimum atomic E-state index is 0.244. The first-order chi connectivity index (χ1) is 10.2. The molecule has 0 unspecified atom stereocenters. The van der Waals surface area contributed by atoms with Crippen molar-refractivity contribution in [1.82, 2.24) is 5.32 Å². The van der Waals surface area contributed by atoms with E-state index in [9.17, 15) is 4.79 Å². The number of amides is 1. The summed E-state index contributed by atoms with van der Waals surface area (Å²) < 4.78 is 0. The van der Waals surface area contributed by atoms with Crippen molar-refractivity contribution in [1.29, 1.82) is 0 Å². The van der Waals surface area contributed by atoms with Crippen molar-refractivity contribution in [3.63, 3.8) is 0 Å². The highest BCUT2D eigenvalue weighted by Gasteiger charge is 2.25. The highest BCUT2D eigenvalue weighted by Crippen LogP contribution is 2.31. The molecule has 2 nitrogen and oxygen atoms in total. The molecule has 1 aromatic rings. The molecule has 1 aliphatic carbocycles. The van der Waals surface area contributed by atoms with Gasteiger partial charge in [-0.3, -0.25) is 4.79 Å². The fourth-order valence-corrected chi connectivity index (χ4v) is 3.25. The Kier molecular flexibility index (Phi) is 6.28. The summed E-state index contributed by atoms with van der Waals surface area (Å²) in [5.41, 5.74) is 2.45. The zero-order valence-electron chi connectivity index (χ0n) is 13.5. The van der Waals surface area contributed by atoms with Gasteiger partial charge in [0, 0.05) is 12.5 Å². The van der Waals surface area contributed by atoms with Gasteiger partial charge in [0.2, 0.25) is 5.91 Å². The van der Waals surface area contributed by atoms with Crippen molar-refractivity contribution in [2.75, 3.05) is 0 Å². The average Bonchev–Trinajstić information content (AvgIpc) is 2.52. The molecule has 1 fully saturated rings. The van der Waals surface area contributed by atoms with Crippen LogP contribution in [0.1, 0.15) is 63.0 Å². The number of rotatable bonds is 6. The van der Waals surface area contributed by atoms with Gasteiger partial charge in [0.15, 0.2) is 0 Å². The predicted molar refractivity (Wildman–Crippen MR) is 88.0 cm³/mol. The van der Waals surface area contributed by atoms with Gasteiger partial charge in [0.05, 0.1) is 0 Å². The topological polar surface area (TPSA) is 29.1 Å². The second kappa shape index (κ2) is 8.21. The van der Waals surface area contributed by atoms with E-state index < -0.39 is 0 Å². The zero-order chi connectivity index (χ0) is 15.1. The average molecular weight is 287 g/mol. The van der Waals surface area contributed by atoms with Crippen molar-refractivity contribution in [2.24, 2.45) is 11.8 Å². The molecule has 0 saturated heterocycles. The van der Waals surface area contributed by atoms with Crippen LogP contribution >= 0.6 is 0 Å². The largest absolute Gasteiger partial charge is 0.352 e. The molecule has 1 N–H and O–H groups in total. The summed E-state index contributed by atoms with van der Waals surface area (Å²) in [6, 6.07) is 8.38. The fourth-order valence-electron chi connectivity index (χ4n) is 3.25. The molecule has 1 saturated carbocycles. The maximum atomic E-state index is 12.2. The van der Waals surface area contributed by atoms with Crippen LogP contribution in [0.3, 0.4) is 0 Å². The molecule has 0 atom stereocenters. The van der Waals surface area contributed by atoms with Crippen LogP contribution in [-0.4, -0.2) is 5.91 Å². The van der Waals surface area contributed by atoms with E-state index >= 15 is 0 Å². The molecule has 1 aliphatic rings. The first kappa shape index (κ1) is 16.1. The fraction of sp³-hybridized carbons (Fsp3) is 0.632. The molecule has 1 amide bonds. The molecule has 2 rings (SSSR count). The molecule has 116 valence electrons. The van der Waals surface area contributed by atoms with Crippen molar-refractivity contribution in [3.05, 3.63) is 35.4 Å². The van der Waals surface area contributed by atoms with Crippen LogP contribution in [0.5, 0.6) is 0 Å². The Hall–Kier alpha value is -1.31. The van der Waals surface area contributed by atoms with Crippen molar-refractivity contribution >= 4 is 5.91 Å². The van der Waals surface area contributed by atoms with Crippen LogP contribution in [0.15, 0.2) is 24.3 Å². The summed E-state index contributed by atoms with van der Waals surface area (Å²) >= 11 is 0. The SMILES string of the molecule is CCCCC1CCC(C(=O)NCc2ccc(C)cc2)CC1. The number of hydrogen-bond donors (Lipinski definition) is 1. The van der Waals surface area contributed by atoms with E-state index in [1.165, 1.54) is 43.2 Å². The van der Waals surface area contributed by atoms with E-state index in [1.54, 1.807) is 0 Å². The standard InChI is InChI=1S/C19H29NO/c1-3-4-5-16-10-12-18(13-11-16)19(21)20-14-17-8-6-15(2)7-9-17/h6-9,16,18H,3-5,10-14H2,1-2H3,(H,20,21). The zero-order valence-corrected chi connectivity index (χ0v) is 13.5. The Morgan fingerprint density at radius 1 is 1.14 bits per heavy atom. The molecule has 2 heteroatoms. The molecular weight excluding hydrogens is 258 g/mol. The minimum absolute atomic E-state index is 0.244. The first-order valence-corrected chi connectivity index (χ1v) is 8.52. The molecular formula is C19H29NO. The summed E-state index contributed by atoms with van der Waals surface area (Å²) in [4.78, 5) is 12.2. The summed E-state index contributed by atoms with van der Waals surface area (Å²) in [5.74, 6) is 1.36. The van der Waals surface area contributed by atoms with Crippen LogP contribution in [0, 0.1) is 18.8 Å². The number of hydrogen-bond acceptors (Lipinski definition) is 1. The quantitative estimate of drug-likeness (QED) is 0.813. The van der Waals surface area contributed by atoms with E-state index in [2.05, 4.69) is 43.4 Å². The predicted octanol–water partition coefficient (Wildman–Crippen LogP) is 4.61. The second-order valence-corrected chi connectivity index (χ2v) is 6.56. The summed E-state index contributed by atoms with van der Waals surface area (Å²) in [7, 11) is 0. The van der Waals surface area contributed by atoms with Gasteiger partial charge in [0.1, 0.15) is 0 Å². The maximum Gasteiger partial charge on any atom is 0.223 e. The molecule has 0 aromatic heterocycles. The number of benzene rings is 1. The molecule has 0 radical (unpaired) electrons. The van der Waals surface area contributed by atoms with E-state index in [1.807, 2.05) is 0 Å². The Labute approximate surface area is 129 Å². The third-order valence-corrected chi connectivity index (χ3v) is 4.77. The van der Waals surface area contributed by atoms with Crippen molar-refractivity contribution in [2.45, 2.75) is 65.3 Å². The number of aryl methyl sites for hydroxylation is 1. The van der Waals surface area contributed by atoms with E-state index in [0.29, 0.717) is 6.54 Å². The van der Waals surface area contributed by atoms with E-state index in [0.717, 1.165) is 18.8 Å². The lowest BCUT2D eigenvalue weighted by Crippen LogP contribution is -2.32. The van der Waals surface area contributed by atoms with Gasteiger partial charge in [-0.2, -0.15) is 0 Å². The Morgan fingerprint density at radius 2 is 1.81 bits per heavy atom. The highest BCUT2D eigenvalue weighted by atomic mass is 16.1. The lowest BCUT2D eigenvalue weighted by atomic mass is 9.79. The Bertz CT molecular complexity index is 429. The third-order valence-electron chi connectivity index (χ3n) is 4.77. The minimum Gasteiger partial charge on any atom is -0.352 e. The maximum absolute atomic E-state index is 12.2. The molecule has 0 bridgehead atoms. The van der Waals surface area contributed by atoms with Crippen LogP contribution in [0.4, 0.5) is 0 Å². The van der Waals surface area contributed by atoms with E-state index in [-0.39, 0.29) is 11.8 Å². The number of carbonyl (C=O) groups is 1. The van der Waals surface area contributed by atoms with Gasteiger partial charge >= 0.3 is 0 Å². The van der Waals surface area contributed by atoms with Crippen molar-refractivity contribution < 1.29 is 4.79 Å².